The molecular weight excluding hydrogens is 360 g/mol. The van der Waals surface area contributed by atoms with Gasteiger partial charge < -0.3 is 0 Å². The van der Waals surface area contributed by atoms with E-state index < -0.39 is 10.8 Å². The molecule has 0 amide bonds. The molecule has 0 aliphatic carbocycles. The zero-order valence-electron chi connectivity index (χ0n) is 11.7. The maximum Gasteiger partial charge on any atom is 0.367 e. The average Bonchev–Trinajstić information content (AvgIpc) is 2.46. The summed E-state index contributed by atoms with van der Waals surface area (Å²) in [5.41, 5.74) is 1.91. The van der Waals surface area contributed by atoms with Crippen molar-refractivity contribution in [3.8, 4) is 0 Å². The van der Waals surface area contributed by atoms with Crippen LogP contribution in [0.2, 0.25) is 0 Å². The van der Waals surface area contributed by atoms with E-state index in [9.17, 15) is 17.6 Å². The second-order valence-electron chi connectivity index (χ2n) is 4.91. The SMILES string of the molecule is Cc1ccc(/C(=C\C(F)(F)C(F)(F)Br)c2ccccc2)cc1. The van der Waals surface area contributed by atoms with E-state index in [-0.39, 0.29) is 5.57 Å². The molecule has 0 bridgehead atoms. The maximum absolute atomic E-state index is 13.8. The molecular formula is C17H13BrF4. The van der Waals surface area contributed by atoms with Gasteiger partial charge in [-0.15, -0.1) is 0 Å². The van der Waals surface area contributed by atoms with Crippen molar-refractivity contribution >= 4 is 21.5 Å². The Morgan fingerprint density at radius 3 is 1.86 bits per heavy atom. The lowest BCUT2D eigenvalue weighted by Gasteiger charge is -2.20. The summed E-state index contributed by atoms with van der Waals surface area (Å²) < 4.78 is 53.7. The summed E-state index contributed by atoms with van der Waals surface area (Å²) in [5.74, 6) is -4.32. The van der Waals surface area contributed by atoms with Crippen molar-refractivity contribution in [1.29, 1.82) is 0 Å². The monoisotopic (exact) mass is 372 g/mol. The van der Waals surface area contributed by atoms with Crippen molar-refractivity contribution in [2.75, 3.05) is 0 Å². The molecule has 22 heavy (non-hydrogen) atoms. The van der Waals surface area contributed by atoms with Crippen LogP contribution in [0.3, 0.4) is 0 Å². The number of benzene rings is 2. The highest BCUT2D eigenvalue weighted by molar-refractivity contribution is 9.10. The molecule has 0 spiro atoms. The van der Waals surface area contributed by atoms with Crippen LogP contribution in [-0.4, -0.2) is 10.8 Å². The van der Waals surface area contributed by atoms with Gasteiger partial charge >= 0.3 is 10.8 Å². The molecule has 116 valence electrons. The zero-order chi connectivity index (χ0) is 16.4. The number of alkyl halides is 5. The first-order chi connectivity index (χ1) is 10.2. The zero-order valence-corrected chi connectivity index (χ0v) is 13.2. The van der Waals surface area contributed by atoms with Crippen molar-refractivity contribution in [3.63, 3.8) is 0 Å². The molecule has 0 heterocycles. The minimum absolute atomic E-state index is 0.0599. The van der Waals surface area contributed by atoms with Gasteiger partial charge in [0.1, 0.15) is 0 Å². The molecule has 0 aliphatic heterocycles. The van der Waals surface area contributed by atoms with Gasteiger partial charge in [0.2, 0.25) is 0 Å². The van der Waals surface area contributed by atoms with E-state index in [1.807, 2.05) is 6.92 Å². The lowest BCUT2D eigenvalue weighted by atomic mass is 9.95. The van der Waals surface area contributed by atoms with Crippen LogP contribution in [0.4, 0.5) is 17.6 Å². The fourth-order valence-corrected chi connectivity index (χ4v) is 2.06. The molecule has 0 saturated carbocycles. The number of halogens is 5. The van der Waals surface area contributed by atoms with Crippen LogP contribution in [0.25, 0.3) is 5.57 Å². The summed E-state index contributed by atoms with van der Waals surface area (Å²) >= 11 is 1.76. The average molecular weight is 373 g/mol. The first-order valence-electron chi connectivity index (χ1n) is 6.50. The quantitative estimate of drug-likeness (QED) is 0.452. The van der Waals surface area contributed by atoms with Crippen LogP contribution in [-0.2, 0) is 0 Å². The number of rotatable bonds is 4. The Bertz CT molecular complexity index is 655. The molecule has 0 atom stereocenters. The van der Waals surface area contributed by atoms with Gasteiger partial charge in [-0.1, -0.05) is 60.2 Å². The fourth-order valence-electron chi connectivity index (χ4n) is 1.95. The number of aryl methyl sites for hydroxylation is 1. The van der Waals surface area contributed by atoms with Crippen LogP contribution in [0.5, 0.6) is 0 Å². The maximum atomic E-state index is 13.8. The largest absolute Gasteiger partial charge is 0.367 e. The molecule has 0 fully saturated rings. The van der Waals surface area contributed by atoms with E-state index in [1.165, 1.54) is 0 Å². The summed E-state index contributed by atoms with van der Waals surface area (Å²) in [5, 5.41) is 0. The standard InChI is InChI=1S/C17H13BrF4/c1-12-7-9-14(10-8-12)15(13-5-3-2-4-6-13)11-16(19,20)17(18,21)22/h2-11H,1H3/b15-11-. The number of hydrogen-bond donors (Lipinski definition) is 0. The Hall–Kier alpha value is -1.62. The second kappa shape index (κ2) is 6.24. The predicted octanol–water partition coefficient (Wildman–Crippen LogP) is 6.05. The third-order valence-corrected chi connectivity index (χ3v) is 3.68. The van der Waals surface area contributed by atoms with E-state index in [0.29, 0.717) is 17.2 Å². The van der Waals surface area contributed by atoms with Gasteiger partial charge in [-0.05, 0) is 39.6 Å². The highest BCUT2D eigenvalue weighted by Gasteiger charge is 2.52. The molecule has 0 aromatic heterocycles. The van der Waals surface area contributed by atoms with Crippen LogP contribution >= 0.6 is 15.9 Å². The molecule has 0 unspecified atom stereocenters. The number of hydrogen-bond acceptors (Lipinski definition) is 0. The molecule has 0 aliphatic rings. The highest BCUT2D eigenvalue weighted by atomic mass is 79.9. The Balaban J connectivity index is 2.59. The molecule has 0 N–H and O–H groups in total. The second-order valence-corrected chi connectivity index (χ2v) is 5.91. The first-order valence-corrected chi connectivity index (χ1v) is 7.30. The van der Waals surface area contributed by atoms with Crippen LogP contribution < -0.4 is 0 Å². The fraction of sp³-hybridized carbons (Fsp3) is 0.176. The minimum Gasteiger partial charge on any atom is -0.194 e. The topological polar surface area (TPSA) is 0 Å². The van der Waals surface area contributed by atoms with Gasteiger partial charge in [-0.3, -0.25) is 0 Å². The molecule has 0 saturated heterocycles. The van der Waals surface area contributed by atoms with Crippen molar-refractivity contribution in [2.24, 2.45) is 0 Å². The van der Waals surface area contributed by atoms with Gasteiger partial charge in [-0.25, -0.2) is 0 Å². The smallest absolute Gasteiger partial charge is 0.194 e. The molecule has 2 aromatic carbocycles. The van der Waals surface area contributed by atoms with E-state index in [0.717, 1.165) is 5.56 Å². The van der Waals surface area contributed by atoms with Crippen LogP contribution in [0.15, 0.2) is 60.7 Å². The van der Waals surface area contributed by atoms with E-state index in [2.05, 4.69) is 0 Å². The lowest BCUT2D eigenvalue weighted by molar-refractivity contribution is -0.110. The van der Waals surface area contributed by atoms with Crippen molar-refractivity contribution in [2.45, 2.75) is 17.7 Å². The third kappa shape index (κ3) is 3.77. The Labute approximate surface area is 134 Å². The van der Waals surface area contributed by atoms with E-state index in [4.69, 9.17) is 0 Å². The molecule has 5 heteroatoms. The van der Waals surface area contributed by atoms with Gasteiger partial charge in [0, 0.05) is 6.08 Å². The van der Waals surface area contributed by atoms with E-state index >= 15 is 0 Å². The van der Waals surface area contributed by atoms with E-state index in [1.54, 1.807) is 70.5 Å². The predicted molar refractivity (Wildman–Crippen MR) is 83.5 cm³/mol. The summed E-state index contributed by atoms with van der Waals surface area (Å²) in [6.07, 6.45) is 0.307. The van der Waals surface area contributed by atoms with Crippen LogP contribution in [0.1, 0.15) is 16.7 Å². The molecule has 0 radical (unpaired) electrons. The highest BCUT2D eigenvalue weighted by Crippen LogP contribution is 2.42. The van der Waals surface area contributed by atoms with Gasteiger partial charge in [0.15, 0.2) is 0 Å². The van der Waals surface area contributed by atoms with Crippen molar-refractivity contribution in [3.05, 3.63) is 77.4 Å². The Morgan fingerprint density at radius 2 is 1.36 bits per heavy atom. The third-order valence-electron chi connectivity index (χ3n) is 3.15. The summed E-state index contributed by atoms with van der Waals surface area (Å²) in [7, 11) is 0. The Kier molecular flexibility index (Phi) is 4.75. The molecule has 2 rings (SSSR count). The summed E-state index contributed by atoms with van der Waals surface area (Å²) in [6.45, 7) is 1.86. The normalized spacial score (nSPS) is 13.3. The number of allylic oxidation sites excluding steroid dienone is 1. The van der Waals surface area contributed by atoms with Gasteiger partial charge in [-0.2, -0.15) is 17.6 Å². The molecule has 2 aromatic rings. The van der Waals surface area contributed by atoms with Gasteiger partial charge in [0.25, 0.3) is 0 Å². The summed E-state index contributed by atoms with van der Waals surface area (Å²) in [4.78, 5) is -4.31. The first kappa shape index (κ1) is 16.7. The minimum atomic E-state index is -4.32. The van der Waals surface area contributed by atoms with Crippen LogP contribution in [0, 0.1) is 6.92 Å². The molecule has 0 nitrogen and oxygen atoms in total. The van der Waals surface area contributed by atoms with Crippen molar-refractivity contribution in [1.82, 2.24) is 0 Å². The van der Waals surface area contributed by atoms with Gasteiger partial charge in [0.05, 0.1) is 0 Å². The Morgan fingerprint density at radius 1 is 0.864 bits per heavy atom. The summed E-state index contributed by atoms with van der Waals surface area (Å²) in [6, 6.07) is 15.0. The lowest BCUT2D eigenvalue weighted by Crippen LogP contribution is -2.33. The van der Waals surface area contributed by atoms with Crippen molar-refractivity contribution < 1.29 is 17.6 Å².